The molecular formula is C45H123Si19-. The number of hydrogen-bond donors (Lipinski definition) is 0. The lowest BCUT2D eigenvalue weighted by atomic mass is 11.6. The molecule has 0 bridgehead atoms. The van der Waals surface area contributed by atoms with Gasteiger partial charge in [-0.05, 0) is 22.8 Å². The molecular weight excluding hydrogens is 1070 g/mol. The summed E-state index contributed by atoms with van der Waals surface area (Å²) in [6.45, 7) is 120. The van der Waals surface area contributed by atoms with Crippen molar-refractivity contribution in [1.29, 1.82) is 0 Å². The Hall–Kier alpha value is 4.12. The van der Waals surface area contributed by atoms with Crippen LogP contribution in [0.1, 0.15) is 0 Å². The maximum absolute atomic E-state index is 3.57. The molecule has 4 heterocycles. The zero-order valence-corrected chi connectivity index (χ0v) is 71.0. The zero-order valence-electron chi connectivity index (χ0n) is 52.0. The SMILES string of the molecule is C[Si](C)(C)C([Si](C)(C)C)[Si](C)(C([Si](C)(C)C)[Si](C)(C)C)[Si]12[Si-]3[Si]1([Si](C)(C([Si](C)(C)C)[Si](C)(C)C)C([Si](C)(C)C)[Si](C)(C)C)[Si]32[Si](C)(C([Si](C)(C)C)[Si](C)(C)C)C([Si](C)(C)C)[Si](C)(C)C. The van der Waals surface area contributed by atoms with Gasteiger partial charge in [-0.15, -0.1) is 0 Å². The van der Waals surface area contributed by atoms with Crippen molar-refractivity contribution in [3.63, 3.8) is 0 Å². The summed E-state index contributed by atoms with van der Waals surface area (Å²) in [7, 11) is -23.9. The molecule has 4 rings (SSSR count). The van der Waals surface area contributed by atoms with Crippen LogP contribution in [0.2, 0.25) is 284 Å². The smallest absolute Gasteiger partial charge is 0.0418 e. The molecule has 64 heavy (non-hydrogen) atoms. The van der Waals surface area contributed by atoms with Crippen molar-refractivity contribution in [3.05, 3.63) is 0 Å². The fourth-order valence-corrected chi connectivity index (χ4v) is 951. The predicted octanol–water partition coefficient (Wildman–Crippen LogP) is 17.6. The van der Waals surface area contributed by atoms with Crippen LogP contribution in [0.4, 0.5) is 0 Å². The van der Waals surface area contributed by atoms with Crippen molar-refractivity contribution < 1.29 is 0 Å². The van der Waals surface area contributed by atoms with E-state index >= 15 is 0 Å². The van der Waals surface area contributed by atoms with Crippen molar-refractivity contribution in [1.82, 2.24) is 0 Å². The maximum atomic E-state index is 3.57. The summed E-state index contributed by atoms with van der Waals surface area (Å²) in [5.74, 6) is 0. The second kappa shape index (κ2) is 16.6. The van der Waals surface area contributed by atoms with Gasteiger partial charge in [0.05, 0.1) is 0 Å². The summed E-state index contributed by atoms with van der Waals surface area (Å²) in [6.07, 6.45) is -4.41. The average Bonchev–Trinajstić information content (AvgIpc) is 3.71. The summed E-state index contributed by atoms with van der Waals surface area (Å²) in [4.78, 5) is 7.55. The predicted molar refractivity (Wildman–Crippen MR) is 361 cm³/mol. The molecule has 0 spiro atoms. The van der Waals surface area contributed by atoms with Gasteiger partial charge in [0.2, 0.25) is 0 Å². The van der Waals surface area contributed by atoms with E-state index in [9.17, 15) is 0 Å². The second-order valence-corrected chi connectivity index (χ2v) is 201. The van der Waals surface area contributed by atoms with Crippen LogP contribution >= 0.6 is 0 Å². The first-order chi connectivity index (χ1) is 27.1. The molecule has 0 aromatic carbocycles. The van der Waals surface area contributed by atoms with Crippen molar-refractivity contribution in [2.75, 3.05) is 0 Å². The molecule has 19 heteroatoms. The van der Waals surface area contributed by atoms with Gasteiger partial charge in [0.25, 0.3) is 0 Å². The van der Waals surface area contributed by atoms with E-state index < -0.39 is 138 Å². The quantitative estimate of drug-likeness (QED) is 0.101. The number of hydrogen-bond acceptors (Lipinski definition) is 0. The first-order valence-corrected chi connectivity index (χ1v) is 94.3. The molecule has 4 saturated heterocycles. The lowest BCUT2D eigenvalue weighted by molar-refractivity contribution is 1.28. The largest absolute Gasteiger partial charge is 0.290 e. The van der Waals surface area contributed by atoms with Crippen LogP contribution < -0.4 is 0 Å². The van der Waals surface area contributed by atoms with Gasteiger partial charge in [0.1, 0.15) is 0 Å². The van der Waals surface area contributed by atoms with E-state index in [-0.39, 0.29) is 7.35 Å². The highest BCUT2D eigenvalue weighted by atomic mass is 31.3. The minimum atomic E-state index is -1.80. The highest BCUT2D eigenvalue weighted by Gasteiger charge is 3.19. The summed E-state index contributed by atoms with van der Waals surface area (Å²) >= 11 is 0. The number of rotatable bonds is 21. The van der Waals surface area contributed by atoms with E-state index in [0.717, 1.165) is 0 Å². The fraction of sp³-hybridized carbons (Fsp3) is 1.00. The van der Waals surface area contributed by atoms with Crippen LogP contribution in [-0.2, 0) is 0 Å². The molecule has 0 atom stereocenters. The average molecular weight is 1200 g/mol. The lowest BCUT2D eigenvalue weighted by Crippen LogP contribution is -2.76. The normalized spacial score (nSPS) is 25.5. The Bertz CT molecular complexity index is 1350. The molecule has 0 unspecified atom stereocenters. The highest BCUT2D eigenvalue weighted by molar-refractivity contribution is 9.04. The third-order valence-corrected chi connectivity index (χ3v) is 388. The van der Waals surface area contributed by atoms with Crippen LogP contribution in [0.15, 0.2) is 0 Å². The van der Waals surface area contributed by atoms with Crippen LogP contribution in [0.5, 0.6) is 0 Å². The molecule has 0 N–H and O–H groups in total. The van der Waals surface area contributed by atoms with Crippen LogP contribution in [-0.4, -0.2) is 145 Å². The van der Waals surface area contributed by atoms with E-state index in [2.05, 4.69) is 255 Å². The Morgan fingerprint density at radius 1 is 0.172 bits per heavy atom. The molecule has 0 radical (unpaired) electrons. The monoisotopic (exact) mass is 1200 g/mol. The molecule has 4 aliphatic rings. The Morgan fingerprint density at radius 3 is 0.312 bits per heavy atom. The van der Waals surface area contributed by atoms with Crippen molar-refractivity contribution in [3.8, 4) is 0 Å². The van der Waals surface area contributed by atoms with Gasteiger partial charge in [0.15, 0.2) is 0 Å². The molecule has 0 nitrogen and oxygen atoms in total. The standard InChI is InChI=1S/C45H123Si19/c1-47(2,3)40(48(4,5)6)59(37,41(49(7,8)9)50(10,11)12)62-46-63(62,60(38,42(51(13,14)15)52(16,17)18)43(53(19,20)21)54(22,23)24)64(46,62)61(39,44(55(25,26)27)56(28,29)30)45(57(31,32)33)58(34,35)36/h40-45H,1-39H3/q-1. The molecule has 0 saturated carbocycles. The van der Waals surface area contributed by atoms with Gasteiger partial charge in [-0.3, -0.25) is 7.35 Å². The van der Waals surface area contributed by atoms with Crippen LogP contribution in [0.3, 0.4) is 0 Å². The van der Waals surface area contributed by atoms with Crippen molar-refractivity contribution in [2.24, 2.45) is 0 Å². The molecule has 380 valence electrons. The fourth-order valence-electron chi connectivity index (χ4n) is 25.2. The van der Waals surface area contributed by atoms with E-state index in [1.165, 1.54) is 28.7 Å². The zero-order chi connectivity index (χ0) is 52.0. The Labute approximate surface area is 425 Å². The summed E-state index contributed by atoms with van der Waals surface area (Å²) in [5, 5.41) is 0. The van der Waals surface area contributed by atoms with Crippen molar-refractivity contribution >= 4 is 145 Å². The van der Waals surface area contributed by atoms with Gasteiger partial charge < -0.3 is 0 Å². The minimum absolute atomic E-state index is 0.140. The van der Waals surface area contributed by atoms with E-state index in [1.807, 2.05) is 0 Å². The third kappa shape index (κ3) is 9.04. The van der Waals surface area contributed by atoms with E-state index in [0.29, 0.717) is 0 Å². The van der Waals surface area contributed by atoms with E-state index in [4.69, 9.17) is 0 Å². The topological polar surface area (TPSA) is 0 Å². The molecule has 4 fully saturated rings. The Balaban J connectivity index is 3.17. The minimum Gasteiger partial charge on any atom is -0.290 e. The summed E-state index contributed by atoms with van der Waals surface area (Å²) < 4.78 is 0. The van der Waals surface area contributed by atoms with Gasteiger partial charge >= 0.3 is 0 Å². The van der Waals surface area contributed by atoms with Gasteiger partial charge in [-0.1, -0.05) is 284 Å². The molecule has 4 aliphatic heterocycles. The van der Waals surface area contributed by atoms with Crippen LogP contribution in [0, 0.1) is 0 Å². The highest BCUT2D eigenvalue weighted by Crippen LogP contribution is 3.02. The molecule has 0 amide bonds. The molecule has 0 aromatic rings. The Morgan fingerprint density at radius 2 is 0.250 bits per heavy atom. The molecule has 0 aromatic heterocycles. The maximum Gasteiger partial charge on any atom is 0.0418 e. The lowest BCUT2D eigenvalue weighted by Gasteiger charge is -2.64. The first kappa shape index (κ1) is 62.4. The second-order valence-electron chi connectivity index (χ2n) is 37.5. The Kier molecular flexibility index (Phi) is 16.1. The summed E-state index contributed by atoms with van der Waals surface area (Å²) in [6, 6.07) is 0. The van der Waals surface area contributed by atoms with E-state index in [1.54, 1.807) is 0 Å². The van der Waals surface area contributed by atoms with Gasteiger partial charge in [0, 0.05) is 96.9 Å². The van der Waals surface area contributed by atoms with Crippen molar-refractivity contribution in [2.45, 2.75) is 284 Å². The summed E-state index contributed by atoms with van der Waals surface area (Å²) in [5.41, 5.74) is 0. The first-order valence-electron chi connectivity index (χ1n) is 26.9. The van der Waals surface area contributed by atoms with Gasteiger partial charge in [-0.25, -0.2) is 0 Å². The van der Waals surface area contributed by atoms with Crippen LogP contribution in [0.25, 0.3) is 0 Å². The van der Waals surface area contributed by atoms with Gasteiger partial charge in [-0.2, -0.15) is 18.4 Å². The third-order valence-electron chi connectivity index (χ3n) is 19.0. The molecule has 0 aliphatic carbocycles.